The van der Waals surface area contributed by atoms with Gasteiger partial charge in [0, 0.05) is 27.6 Å². The van der Waals surface area contributed by atoms with Crippen LogP contribution in [-0.2, 0) is 0 Å². The van der Waals surface area contributed by atoms with Crippen molar-refractivity contribution in [1.29, 1.82) is 0 Å². The van der Waals surface area contributed by atoms with Crippen molar-refractivity contribution < 1.29 is 25.0 Å². The summed E-state index contributed by atoms with van der Waals surface area (Å²) in [7, 11) is 0. The Kier molecular flexibility index (Phi) is 4.58. The van der Waals surface area contributed by atoms with E-state index in [1.807, 2.05) is 91.0 Å². The van der Waals surface area contributed by atoms with Crippen molar-refractivity contribution >= 4 is 55.4 Å². The molecule has 0 saturated carbocycles. The number of furan rings is 1. The van der Waals surface area contributed by atoms with E-state index in [2.05, 4.69) is 0 Å². The number of para-hydroxylation sites is 1. The summed E-state index contributed by atoms with van der Waals surface area (Å²) in [5.41, 5.74) is 2.22. The van der Waals surface area contributed by atoms with E-state index in [4.69, 9.17) is 30.3 Å². The van der Waals surface area contributed by atoms with E-state index in [1.165, 1.54) is 0 Å². The molecule has 1 aliphatic carbocycles. The third kappa shape index (κ3) is 5.42. The number of fused-ring (bicyclic) bond motifs is 9. The Morgan fingerprint density at radius 3 is 1.85 bits per heavy atom. The molecule has 0 aliphatic heterocycles. The van der Waals surface area contributed by atoms with Gasteiger partial charge in [0.25, 0.3) is 0 Å². The first-order chi connectivity index (χ1) is 33.5. The minimum absolute atomic E-state index is 0.180. The van der Waals surface area contributed by atoms with Crippen molar-refractivity contribution in [3.05, 3.63) is 186 Å². The van der Waals surface area contributed by atoms with Crippen LogP contribution in [0.3, 0.4) is 0 Å². The van der Waals surface area contributed by atoms with Crippen LogP contribution in [0.1, 0.15) is 38.7 Å². The van der Waals surface area contributed by atoms with Crippen LogP contribution in [0.5, 0.6) is 0 Å². The molecule has 2 heterocycles. The van der Waals surface area contributed by atoms with Crippen LogP contribution in [0.25, 0.3) is 100 Å². The van der Waals surface area contributed by atoms with E-state index >= 15 is 0 Å². The first kappa shape index (κ1) is 19.8. The van der Waals surface area contributed by atoms with E-state index in [0.717, 1.165) is 21.7 Å². The van der Waals surface area contributed by atoms with Crippen molar-refractivity contribution in [1.82, 2.24) is 15.0 Å². The van der Waals surface area contributed by atoms with E-state index < -0.39 is 113 Å². The van der Waals surface area contributed by atoms with Gasteiger partial charge in [-0.25, -0.2) is 15.0 Å². The van der Waals surface area contributed by atoms with Crippen LogP contribution < -0.4 is 10.6 Å². The molecule has 0 fully saturated rings. The lowest BCUT2D eigenvalue weighted by Crippen LogP contribution is -2.25. The lowest BCUT2D eigenvalue weighted by atomic mass is 9.92. The summed E-state index contributed by atoms with van der Waals surface area (Å²) >= 11 is 0. The summed E-state index contributed by atoms with van der Waals surface area (Å²) in [5, 5.41) is -0.325. The fourth-order valence-electron chi connectivity index (χ4n) is 7.19. The lowest BCUT2D eigenvalue weighted by Gasteiger charge is -2.15. The Balaban J connectivity index is 1.17. The highest BCUT2D eigenvalue weighted by molar-refractivity contribution is 6.25. The summed E-state index contributed by atoms with van der Waals surface area (Å²) < 4.78 is 142. The largest absolute Gasteiger partial charge is 0.456 e. The maximum absolute atomic E-state index is 9.68. The van der Waals surface area contributed by atoms with Gasteiger partial charge in [0.2, 0.25) is 0 Å². The fraction of sp³-hybridized carbons (Fsp3) is 0.0392. The van der Waals surface area contributed by atoms with Crippen molar-refractivity contribution in [2.45, 2.75) is 12.3 Å². The molecule has 0 spiro atoms. The Morgan fingerprint density at radius 2 is 1.09 bits per heavy atom. The molecule has 8 aromatic carbocycles. The molecule has 0 saturated heterocycles. The number of hydrogen-bond acceptors (Lipinski definition) is 4. The van der Waals surface area contributed by atoms with Gasteiger partial charge in [-0.05, 0) is 85.2 Å². The zero-order valence-electron chi connectivity index (χ0n) is 43.7. The third-order valence-electron chi connectivity index (χ3n) is 9.84. The fourth-order valence-corrected chi connectivity index (χ4v) is 7.19. The Morgan fingerprint density at radius 1 is 0.491 bits per heavy atom. The minimum atomic E-state index is -0.781. The topological polar surface area (TPSA) is 51.8 Å². The highest BCUT2D eigenvalue weighted by Crippen LogP contribution is 2.37. The molecule has 0 N–H and O–H groups in total. The Labute approximate surface area is 338 Å². The second-order valence-electron chi connectivity index (χ2n) is 13.1. The number of benzene rings is 8. The summed E-state index contributed by atoms with van der Waals surface area (Å²) in [6.07, 6.45) is 4.38. The molecular formula is C51H33N3O. The molecule has 2 aromatic heterocycles. The number of rotatable bonds is 5. The van der Waals surface area contributed by atoms with Gasteiger partial charge >= 0.3 is 0 Å². The molecule has 10 aromatic rings. The van der Waals surface area contributed by atoms with Gasteiger partial charge in [-0.1, -0.05) is 157 Å². The van der Waals surface area contributed by atoms with Gasteiger partial charge in [0.05, 0.1) is 20.6 Å². The molecule has 1 aliphatic rings. The Bertz CT molecular complexity index is 4050. The molecule has 0 radical (unpaired) electrons. The monoisotopic (exact) mass is 718 g/mol. The van der Waals surface area contributed by atoms with Crippen LogP contribution >= 0.6 is 0 Å². The minimum Gasteiger partial charge on any atom is -0.456 e. The van der Waals surface area contributed by atoms with Gasteiger partial charge in [0.15, 0.2) is 11.6 Å². The van der Waals surface area contributed by atoms with E-state index in [0.29, 0.717) is 23.0 Å². The second-order valence-corrected chi connectivity index (χ2v) is 13.1. The molecule has 1 atom stereocenters. The average molecular weight is 719 g/mol. The number of hydrogen-bond donors (Lipinski definition) is 0. The SMILES string of the molecule is [2H]c1c([2H])c(-c2c([2H])c([2H])c3c4c([2H])c([2H])c([2H])c([2H])c4c4c([2H])c([2H])c([2H])c([2H])c4c3c2[2H])c([2H])c([2H])c1-c1nc(-c2cccc(-c3ccccc3)c2)nc(C2C=c3oc4ccccc4c3=CC2)n1. The van der Waals surface area contributed by atoms with Crippen LogP contribution in [0.2, 0.25) is 0 Å². The van der Waals surface area contributed by atoms with Crippen LogP contribution in [0.4, 0.5) is 0 Å². The molecule has 0 amide bonds. The molecule has 55 heavy (non-hydrogen) atoms. The molecule has 258 valence electrons. The van der Waals surface area contributed by atoms with Gasteiger partial charge in [-0.15, -0.1) is 0 Å². The van der Waals surface area contributed by atoms with Crippen molar-refractivity contribution in [2.24, 2.45) is 0 Å². The number of nitrogens with zero attached hydrogens (tertiary/aromatic N) is 3. The Hall–Kier alpha value is -7.17. The summed E-state index contributed by atoms with van der Waals surface area (Å²) in [4.78, 5) is 14.5. The molecule has 0 bridgehead atoms. The first-order valence-electron chi connectivity index (χ1n) is 25.1. The zero-order chi connectivity index (χ0) is 49.3. The van der Waals surface area contributed by atoms with E-state index in [-0.39, 0.29) is 50.0 Å². The molecule has 11 rings (SSSR count). The van der Waals surface area contributed by atoms with Gasteiger partial charge < -0.3 is 4.42 Å². The van der Waals surface area contributed by atoms with Gasteiger partial charge in [0.1, 0.15) is 16.8 Å². The summed E-state index contributed by atoms with van der Waals surface area (Å²) in [6, 6.07) is 14.2. The standard InChI is InChI=1S/C51H33N3O/c1-2-11-32(12-3-1)35-13-10-14-37(29-35)50-52-49(53-51(54-50)38-26-28-45-44-19-8-9-20-47(44)55-48(45)31-38)34-23-21-33(22-24-34)36-25-27-43-41-17-5-4-15-39(41)40-16-6-7-18-42(40)46(43)30-36/h1-25,27-31,38H,26H2/i4D,5D,6D,7D,15D,16D,17D,18D,21D,22D,23D,24D,25D,27D,30D. The van der Waals surface area contributed by atoms with Crippen LogP contribution in [0.15, 0.2) is 174 Å². The quantitative estimate of drug-likeness (QED) is 0.166. The second kappa shape index (κ2) is 12.8. The highest BCUT2D eigenvalue weighted by atomic mass is 16.3. The predicted molar refractivity (Wildman–Crippen MR) is 226 cm³/mol. The molecule has 4 heteroatoms. The lowest BCUT2D eigenvalue weighted by molar-refractivity contribution is 0.568. The summed E-state index contributed by atoms with van der Waals surface area (Å²) in [5.74, 6) is -0.243. The van der Waals surface area contributed by atoms with Crippen molar-refractivity contribution in [3.8, 4) is 45.0 Å². The molecular weight excluding hydrogens is 671 g/mol. The van der Waals surface area contributed by atoms with Gasteiger partial charge in [-0.2, -0.15) is 0 Å². The highest BCUT2D eigenvalue weighted by Gasteiger charge is 2.21. The van der Waals surface area contributed by atoms with Gasteiger partial charge in [-0.3, -0.25) is 0 Å². The summed E-state index contributed by atoms with van der Waals surface area (Å²) in [6.45, 7) is 0. The molecule has 1 unspecified atom stereocenters. The predicted octanol–water partition coefficient (Wildman–Crippen LogP) is 11.5. The average Bonchev–Trinajstić information content (AvgIpc) is 3.75. The maximum Gasteiger partial charge on any atom is 0.163 e. The maximum atomic E-state index is 9.68. The van der Waals surface area contributed by atoms with E-state index in [1.54, 1.807) is 0 Å². The normalized spacial score (nSPS) is 17.7. The first-order valence-corrected chi connectivity index (χ1v) is 17.6. The third-order valence-corrected chi connectivity index (χ3v) is 9.84. The van der Waals surface area contributed by atoms with Crippen molar-refractivity contribution in [3.63, 3.8) is 0 Å². The molecule has 4 nitrogen and oxygen atoms in total. The van der Waals surface area contributed by atoms with Crippen LogP contribution in [0, 0.1) is 0 Å². The zero-order valence-corrected chi connectivity index (χ0v) is 28.7. The van der Waals surface area contributed by atoms with E-state index in [9.17, 15) is 9.60 Å². The van der Waals surface area contributed by atoms with Crippen molar-refractivity contribution in [2.75, 3.05) is 0 Å². The van der Waals surface area contributed by atoms with Crippen LogP contribution in [-0.4, -0.2) is 15.0 Å². The smallest absolute Gasteiger partial charge is 0.163 e. The number of aromatic nitrogens is 3.